The Hall–Kier alpha value is -2.14. The molecule has 6 rings (SSSR count). The van der Waals surface area contributed by atoms with Gasteiger partial charge in [0.1, 0.15) is 0 Å². The number of nitrogens with two attached hydrogens (primary N) is 1. The fraction of sp³-hybridized carbons (Fsp3) is 0.615. The van der Waals surface area contributed by atoms with Crippen LogP contribution in [0.4, 0.5) is 0 Å². The lowest BCUT2D eigenvalue weighted by Crippen LogP contribution is -2.52. The summed E-state index contributed by atoms with van der Waals surface area (Å²) < 4.78 is 2.28. The zero-order valence-corrected chi connectivity index (χ0v) is 18.2. The number of carbonyl (C=O) groups excluding carboxylic acids is 2. The van der Waals surface area contributed by atoms with Gasteiger partial charge in [-0.2, -0.15) is 0 Å². The van der Waals surface area contributed by atoms with Gasteiger partial charge in [-0.1, -0.05) is 37.5 Å². The molecular weight excluding hydrogens is 386 g/mol. The Balaban J connectivity index is 1.28. The molecule has 1 amide bonds. The molecule has 31 heavy (non-hydrogen) atoms. The summed E-state index contributed by atoms with van der Waals surface area (Å²) in [4.78, 5) is 27.0. The van der Waals surface area contributed by atoms with Crippen molar-refractivity contribution in [1.82, 2.24) is 9.47 Å². The number of amides is 1. The van der Waals surface area contributed by atoms with E-state index in [-0.39, 0.29) is 0 Å². The van der Waals surface area contributed by atoms with E-state index in [1.807, 2.05) is 24.4 Å². The highest BCUT2D eigenvalue weighted by Gasteiger charge is 2.47. The van der Waals surface area contributed by atoms with Crippen molar-refractivity contribution < 1.29 is 9.59 Å². The predicted octanol–water partition coefficient (Wildman–Crippen LogP) is 4.45. The van der Waals surface area contributed by atoms with Gasteiger partial charge < -0.3 is 10.3 Å². The lowest BCUT2D eigenvalue weighted by molar-refractivity contribution is -0.114. The monoisotopic (exact) mass is 419 g/mol. The van der Waals surface area contributed by atoms with Gasteiger partial charge in [-0.05, 0) is 62.8 Å². The number of hydrogen-bond acceptors (Lipinski definition) is 3. The summed E-state index contributed by atoms with van der Waals surface area (Å²) >= 11 is 0. The molecule has 4 bridgehead atoms. The topological polar surface area (TPSA) is 68.3 Å². The second-order valence-electron chi connectivity index (χ2n) is 10.6. The van der Waals surface area contributed by atoms with Crippen LogP contribution in [-0.4, -0.2) is 39.3 Å². The highest BCUT2D eigenvalue weighted by atomic mass is 16.2. The first-order valence-corrected chi connectivity index (χ1v) is 12.3. The molecular formula is C26H33N3O2. The Labute approximate surface area is 184 Å². The van der Waals surface area contributed by atoms with Crippen molar-refractivity contribution in [1.29, 1.82) is 0 Å². The Kier molecular flexibility index (Phi) is 4.71. The van der Waals surface area contributed by atoms with Crippen LogP contribution in [0, 0.1) is 11.8 Å². The molecule has 1 aromatic carbocycles. The van der Waals surface area contributed by atoms with E-state index in [1.165, 1.54) is 51.4 Å². The van der Waals surface area contributed by atoms with E-state index in [2.05, 4.69) is 15.5 Å². The molecule has 4 aliphatic rings. The standard InChI is InChI=1S/C26H33N3O2/c27-26(31)25(30)23-15-28(24-7-2-1-6-22(23)24)20-13-18-8-9-19(14-20)29(18)21-11-16-4-3-5-17(10-16)12-21/h1-2,6-7,15-21H,3-5,8-14H2,(H2,27,31)/t16-,17?,18-,19+,20?,21?/m0/s1. The molecule has 2 aliphatic heterocycles. The van der Waals surface area contributed by atoms with Gasteiger partial charge in [-0.15, -0.1) is 0 Å². The molecule has 2 aromatic rings. The number of primary amides is 1. The Bertz CT molecular complexity index is 1000. The minimum Gasteiger partial charge on any atom is -0.363 e. The van der Waals surface area contributed by atoms with E-state index >= 15 is 0 Å². The van der Waals surface area contributed by atoms with Crippen LogP contribution in [-0.2, 0) is 4.79 Å². The van der Waals surface area contributed by atoms with Gasteiger partial charge in [0.2, 0.25) is 0 Å². The molecule has 3 heterocycles. The normalized spacial score (nSPS) is 35.4. The third-order valence-electron chi connectivity index (χ3n) is 8.89. The number of hydrogen-bond donors (Lipinski definition) is 1. The quantitative estimate of drug-likeness (QED) is 0.588. The van der Waals surface area contributed by atoms with Gasteiger partial charge in [-0.25, -0.2) is 0 Å². The highest BCUT2D eigenvalue weighted by Crippen LogP contribution is 2.48. The van der Waals surface area contributed by atoms with E-state index in [0.717, 1.165) is 41.6 Å². The Morgan fingerprint density at radius 3 is 2.16 bits per heavy atom. The lowest BCUT2D eigenvalue weighted by Gasteiger charge is -2.49. The minimum absolute atomic E-state index is 0.385. The highest BCUT2D eigenvalue weighted by molar-refractivity contribution is 6.44. The summed E-state index contributed by atoms with van der Waals surface area (Å²) in [6, 6.07) is 10.4. The van der Waals surface area contributed by atoms with Crippen molar-refractivity contribution in [2.24, 2.45) is 17.6 Å². The number of fused-ring (bicyclic) bond motifs is 5. The molecule has 6 atom stereocenters. The number of para-hydroxylation sites is 1. The van der Waals surface area contributed by atoms with E-state index in [4.69, 9.17) is 5.73 Å². The van der Waals surface area contributed by atoms with Crippen LogP contribution in [0.2, 0.25) is 0 Å². The Morgan fingerprint density at radius 1 is 0.806 bits per heavy atom. The van der Waals surface area contributed by atoms with E-state index in [1.54, 1.807) is 0 Å². The van der Waals surface area contributed by atoms with Crippen LogP contribution in [0.25, 0.3) is 10.9 Å². The van der Waals surface area contributed by atoms with Gasteiger partial charge in [-0.3, -0.25) is 14.5 Å². The van der Waals surface area contributed by atoms with Crippen molar-refractivity contribution in [2.45, 2.75) is 88.4 Å². The van der Waals surface area contributed by atoms with Crippen molar-refractivity contribution in [2.75, 3.05) is 0 Å². The summed E-state index contributed by atoms with van der Waals surface area (Å²) in [5, 5.41) is 0.848. The average Bonchev–Trinajstić information content (AvgIpc) is 3.28. The number of aromatic nitrogens is 1. The van der Waals surface area contributed by atoms with Crippen LogP contribution >= 0.6 is 0 Å². The molecule has 3 unspecified atom stereocenters. The summed E-state index contributed by atoms with van der Waals surface area (Å²) in [5.74, 6) is 0.473. The molecule has 2 N–H and O–H groups in total. The minimum atomic E-state index is -0.874. The zero-order valence-electron chi connectivity index (χ0n) is 18.2. The predicted molar refractivity (Wildman–Crippen MR) is 121 cm³/mol. The zero-order chi connectivity index (χ0) is 21.1. The molecule has 4 fully saturated rings. The number of ketones is 1. The fourth-order valence-electron chi connectivity index (χ4n) is 7.77. The van der Waals surface area contributed by atoms with Crippen LogP contribution in [0.15, 0.2) is 30.5 Å². The number of Topliss-reactive ketones (excluding diaryl/α,β-unsaturated/α-hetero) is 1. The van der Waals surface area contributed by atoms with Crippen molar-refractivity contribution >= 4 is 22.6 Å². The second kappa shape index (κ2) is 7.47. The fourth-order valence-corrected chi connectivity index (χ4v) is 7.77. The number of benzene rings is 1. The maximum Gasteiger partial charge on any atom is 0.289 e. The number of nitrogens with zero attached hydrogens (tertiary/aromatic N) is 2. The van der Waals surface area contributed by atoms with Gasteiger partial charge in [0.05, 0.1) is 5.56 Å². The first-order chi connectivity index (χ1) is 15.1. The van der Waals surface area contributed by atoms with E-state index < -0.39 is 11.7 Å². The maximum absolute atomic E-state index is 12.5. The summed E-state index contributed by atoms with van der Waals surface area (Å²) in [5.41, 5.74) is 6.85. The molecule has 2 saturated heterocycles. The Morgan fingerprint density at radius 2 is 1.48 bits per heavy atom. The molecule has 0 radical (unpaired) electrons. The average molecular weight is 420 g/mol. The van der Waals surface area contributed by atoms with Crippen molar-refractivity contribution in [3.63, 3.8) is 0 Å². The summed E-state index contributed by atoms with van der Waals surface area (Å²) in [6.45, 7) is 0. The van der Waals surface area contributed by atoms with Crippen molar-refractivity contribution in [3.05, 3.63) is 36.0 Å². The molecule has 2 saturated carbocycles. The van der Waals surface area contributed by atoms with Crippen molar-refractivity contribution in [3.8, 4) is 0 Å². The van der Waals surface area contributed by atoms with E-state index in [0.29, 0.717) is 23.7 Å². The van der Waals surface area contributed by atoms with Gasteiger partial charge in [0, 0.05) is 41.3 Å². The summed E-state index contributed by atoms with van der Waals surface area (Å²) in [6.07, 6.45) is 15.5. The number of rotatable bonds is 4. The summed E-state index contributed by atoms with van der Waals surface area (Å²) in [7, 11) is 0. The van der Waals surface area contributed by atoms with E-state index in [9.17, 15) is 9.59 Å². The van der Waals surface area contributed by atoms with Crippen LogP contribution in [0.3, 0.4) is 0 Å². The molecule has 164 valence electrons. The van der Waals surface area contributed by atoms with Crippen LogP contribution < -0.4 is 5.73 Å². The first-order valence-electron chi connectivity index (χ1n) is 12.3. The second-order valence-corrected chi connectivity index (χ2v) is 10.6. The number of carbonyl (C=O) groups is 2. The molecule has 1 aromatic heterocycles. The first kappa shape index (κ1) is 19.5. The SMILES string of the molecule is NC(=O)C(=O)c1cn(C2C[C@H]3CC[C@@H](C2)N3C2CC3CCC[C@@H](C3)C2)c2ccccc12. The largest absolute Gasteiger partial charge is 0.363 e. The third kappa shape index (κ3) is 3.24. The van der Waals surface area contributed by atoms with Gasteiger partial charge >= 0.3 is 0 Å². The number of piperidine rings is 1. The van der Waals surface area contributed by atoms with Gasteiger partial charge in [0.25, 0.3) is 11.7 Å². The van der Waals surface area contributed by atoms with Gasteiger partial charge in [0.15, 0.2) is 0 Å². The lowest BCUT2D eigenvalue weighted by atomic mass is 9.69. The smallest absolute Gasteiger partial charge is 0.289 e. The molecule has 5 heteroatoms. The molecule has 2 aliphatic carbocycles. The van der Waals surface area contributed by atoms with Crippen LogP contribution in [0.5, 0.6) is 0 Å². The molecule has 0 spiro atoms. The van der Waals surface area contributed by atoms with Crippen LogP contribution in [0.1, 0.15) is 80.6 Å². The molecule has 5 nitrogen and oxygen atoms in total. The third-order valence-corrected chi connectivity index (χ3v) is 8.89. The maximum atomic E-state index is 12.5.